The number of alkyl halides is 4. The molecule has 2 saturated heterocycles. The van der Waals surface area contributed by atoms with E-state index in [0.29, 0.717) is 36.6 Å². The van der Waals surface area contributed by atoms with Gasteiger partial charge >= 0.3 is 6.18 Å². The van der Waals surface area contributed by atoms with Crippen LogP contribution in [-0.2, 0) is 12.6 Å². The van der Waals surface area contributed by atoms with E-state index in [0.717, 1.165) is 17.8 Å². The van der Waals surface area contributed by atoms with Crippen LogP contribution in [0.1, 0.15) is 42.5 Å². The lowest BCUT2D eigenvalue weighted by Gasteiger charge is -2.41. The number of nitrogens with one attached hydrogen (secondary N) is 1. The molecule has 1 unspecified atom stereocenters. The summed E-state index contributed by atoms with van der Waals surface area (Å²) >= 11 is 6.93. The number of halogens is 4. The Balaban J connectivity index is 1.19. The average molecular weight is 510 g/mol. The summed E-state index contributed by atoms with van der Waals surface area (Å²) in [6, 6.07) is 9.20. The van der Waals surface area contributed by atoms with E-state index in [9.17, 15) is 22.8 Å². The van der Waals surface area contributed by atoms with Crippen LogP contribution in [-0.4, -0.2) is 65.3 Å². The van der Waals surface area contributed by atoms with Crippen LogP contribution in [0.2, 0.25) is 0 Å². The van der Waals surface area contributed by atoms with Crippen LogP contribution in [0.5, 0.6) is 0 Å². The van der Waals surface area contributed by atoms with Gasteiger partial charge < -0.3 is 15.1 Å². The number of benzene rings is 1. The summed E-state index contributed by atoms with van der Waals surface area (Å²) in [5, 5.41) is 2.94. The topological polar surface area (TPSA) is 52.7 Å². The molecule has 1 aromatic carbocycles. The average Bonchev–Trinajstić information content (AvgIpc) is 3.40. The van der Waals surface area contributed by atoms with E-state index >= 15 is 0 Å². The molecule has 2 amide bonds. The van der Waals surface area contributed by atoms with Crippen molar-refractivity contribution in [2.45, 2.75) is 36.5 Å². The number of hydrogen-bond acceptors (Lipinski definition) is 4. The molecule has 1 N–H and O–H groups in total. The summed E-state index contributed by atoms with van der Waals surface area (Å²) in [5.41, 5.74) is -0.0690. The lowest BCUT2D eigenvalue weighted by atomic mass is 9.97. The highest BCUT2D eigenvalue weighted by Crippen LogP contribution is 2.44. The molecular formula is C24H23ClF3N3O2S. The molecule has 2 aromatic rings. The van der Waals surface area contributed by atoms with Crippen molar-refractivity contribution < 1.29 is 22.8 Å². The second-order valence-corrected chi connectivity index (χ2v) is 10.5. The van der Waals surface area contributed by atoms with Crippen LogP contribution in [0.4, 0.5) is 13.2 Å². The summed E-state index contributed by atoms with van der Waals surface area (Å²) in [6.45, 7) is 1.90. The van der Waals surface area contributed by atoms with Crippen molar-refractivity contribution in [1.29, 1.82) is 0 Å². The molecule has 2 aliphatic heterocycles. The molecule has 0 saturated carbocycles. The third-order valence-electron chi connectivity index (χ3n) is 6.51. The monoisotopic (exact) mass is 509 g/mol. The largest absolute Gasteiger partial charge is 0.418 e. The Hall–Kier alpha value is -2.36. The van der Waals surface area contributed by atoms with Gasteiger partial charge in [0, 0.05) is 48.7 Å². The maximum Gasteiger partial charge on any atom is 0.418 e. The van der Waals surface area contributed by atoms with Gasteiger partial charge in [-0.3, -0.25) is 9.59 Å². The van der Waals surface area contributed by atoms with Crippen LogP contribution in [0.25, 0.3) is 6.08 Å². The maximum absolute atomic E-state index is 13.8. The molecule has 2 fully saturated rings. The molecule has 0 radical (unpaired) electrons. The van der Waals surface area contributed by atoms with Gasteiger partial charge in [-0.25, -0.2) is 0 Å². The van der Waals surface area contributed by atoms with Crippen LogP contribution in [0.15, 0.2) is 36.4 Å². The molecule has 10 heteroatoms. The number of amides is 2. The Bertz CT molecular complexity index is 1130. The number of likely N-dealkylation sites (tertiary alicyclic amines) is 2. The lowest BCUT2D eigenvalue weighted by molar-refractivity contribution is -0.138. The van der Waals surface area contributed by atoms with Crippen LogP contribution >= 0.6 is 22.9 Å². The van der Waals surface area contributed by atoms with Gasteiger partial charge in [-0.15, -0.1) is 22.9 Å². The first-order valence-electron chi connectivity index (χ1n) is 11.2. The van der Waals surface area contributed by atoms with E-state index < -0.39 is 23.0 Å². The Labute approximate surface area is 204 Å². The van der Waals surface area contributed by atoms with Crippen LogP contribution in [0, 0.1) is 0 Å². The molecule has 1 aliphatic carbocycles. The molecule has 1 aromatic heterocycles. The van der Waals surface area contributed by atoms with Gasteiger partial charge in [0.25, 0.3) is 11.8 Å². The van der Waals surface area contributed by atoms with E-state index in [4.69, 9.17) is 11.6 Å². The van der Waals surface area contributed by atoms with Gasteiger partial charge in [-0.1, -0.05) is 24.3 Å². The van der Waals surface area contributed by atoms with Gasteiger partial charge in [0.1, 0.15) is 4.88 Å². The fourth-order valence-electron chi connectivity index (χ4n) is 4.80. The lowest BCUT2D eigenvalue weighted by Crippen LogP contribution is -2.62. The number of allylic oxidation sites excluding steroid dienone is 1. The predicted molar refractivity (Wildman–Crippen MR) is 125 cm³/mol. The number of nitrogens with zero attached hydrogens (tertiary/aromatic N) is 2. The van der Waals surface area contributed by atoms with Crippen LogP contribution < -0.4 is 5.32 Å². The minimum absolute atomic E-state index is 0.00299. The molecule has 34 heavy (non-hydrogen) atoms. The number of thiophene rings is 1. The highest BCUT2D eigenvalue weighted by molar-refractivity contribution is 7.15. The maximum atomic E-state index is 13.8. The van der Waals surface area contributed by atoms with Crippen molar-refractivity contribution in [1.82, 2.24) is 15.1 Å². The normalized spacial score (nSPS) is 22.6. The minimum atomic E-state index is -4.61. The van der Waals surface area contributed by atoms with E-state index in [1.807, 2.05) is 18.2 Å². The second-order valence-electron chi connectivity index (χ2n) is 8.90. The van der Waals surface area contributed by atoms with Crippen molar-refractivity contribution >= 4 is 40.8 Å². The van der Waals surface area contributed by atoms with Crippen molar-refractivity contribution in [3.63, 3.8) is 0 Å². The van der Waals surface area contributed by atoms with E-state index in [1.165, 1.54) is 4.90 Å². The Morgan fingerprint density at radius 3 is 2.44 bits per heavy atom. The first-order chi connectivity index (χ1) is 16.2. The number of fused-ring (bicyclic) bond motifs is 1. The van der Waals surface area contributed by atoms with Gasteiger partial charge in [0.2, 0.25) is 0 Å². The second kappa shape index (κ2) is 9.02. The number of rotatable bonds is 4. The zero-order valence-corrected chi connectivity index (χ0v) is 19.7. The smallest absolute Gasteiger partial charge is 0.337 e. The number of hydrogen-bond donors (Lipinski definition) is 1. The molecular weight excluding hydrogens is 487 g/mol. The first-order valence-corrected chi connectivity index (χ1v) is 12.4. The number of carbonyl (C=O) groups is 2. The van der Waals surface area contributed by atoms with Gasteiger partial charge in [0.15, 0.2) is 0 Å². The molecule has 3 heterocycles. The Kier molecular flexibility index (Phi) is 6.20. The quantitative estimate of drug-likeness (QED) is 0.626. The minimum Gasteiger partial charge on any atom is -0.337 e. The van der Waals surface area contributed by atoms with Crippen molar-refractivity contribution in [2.24, 2.45) is 0 Å². The fourth-order valence-corrected chi connectivity index (χ4v) is 6.26. The fraction of sp³-hybridized carbons (Fsp3) is 0.417. The summed E-state index contributed by atoms with van der Waals surface area (Å²) in [6.07, 6.45) is -0.513. The van der Waals surface area contributed by atoms with E-state index in [-0.39, 0.29) is 34.9 Å². The molecule has 2 atom stereocenters. The van der Waals surface area contributed by atoms with E-state index in [1.54, 1.807) is 29.2 Å². The van der Waals surface area contributed by atoms with Crippen LogP contribution in [0.3, 0.4) is 0 Å². The van der Waals surface area contributed by atoms with Crippen molar-refractivity contribution in [2.75, 3.05) is 26.2 Å². The van der Waals surface area contributed by atoms with Gasteiger partial charge in [0.05, 0.1) is 10.9 Å². The summed E-state index contributed by atoms with van der Waals surface area (Å²) in [7, 11) is 0. The first kappa shape index (κ1) is 23.4. The van der Waals surface area contributed by atoms with Gasteiger partial charge in [-0.05, 0) is 36.6 Å². The Morgan fingerprint density at radius 1 is 1.03 bits per heavy atom. The van der Waals surface area contributed by atoms with E-state index in [2.05, 4.69) is 5.32 Å². The standard InChI is InChI=1S/C24H23ClF3N3O2S/c25-15-6-7-19-18(10-15)20(24(26,27)28)21(34-19)23(33)31-12-17(13-31)29-16-8-9-30(11-16)22(32)14-4-2-1-3-5-14/h1-7,15-17,29H,8-13H2/t15?,16-/m0/s1. The predicted octanol–water partition coefficient (Wildman–Crippen LogP) is 4.27. The molecule has 0 spiro atoms. The Morgan fingerprint density at radius 2 is 1.74 bits per heavy atom. The molecule has 0 bridgehead atoms. The molecule has 5 rings (SSSR count). The highest BCUT2D eigenvalue weighted by Gasteiger charge is 2.44. The number of carbonyl (C=O) groups excluding carboxylic acids is 2. The zero-order chi connectivity index (χ0) is 24.0. The third-order valence-corrected chi connectivity index (χ3v) is 7.99. The zero-order valence-electron chi connectivity index (χ0n) is 18.1. The highest BCUT2D eigenvalue weighted by atomic mass is 35.5. The summed E-state index contributed by atoms with van der Waals surface area (Å²) < 4.78 is 41.5. The van der Waals surface area contributed by atoms with Crippen molar-refractivity contribution in [3.8, 4) is 0 Å². The SMILES string of the molecule is O=C(c1ccccc1)N1CC[C@H](NC2CN(C(=O)c3sc4c(c3C(F)(F)F)CC(Cl)C=C4)C2)C1. The molecule has 180 valence electrons. The van der Waals surface area contributed by atoms with Gasteiger partial charge in [-0.2, -0.15) is 13.2 Å². The molecule has 5 nitrogen and oxygen atoms in total. The third kappa shape index (κ3) is 4.48. The molecule has 3 aliphatic rings. The van der Waals surface area contributed by atoms with Crippen molar-refractivity contribution in [3.05, 3.63) is 62.9 Å². The summed E-state index contributed by atoms with van der Waals surface area (Å²) in [5.74, 6) is -0.596. The summed E-state index contributed by atoms with van der Waals surface area (Å²) in [4.78, 5) is 29.0.